The van der Waals surface area contributed by atoms with Gasteiger partial charge in [0.2, 0.25) is 0 Å². The van der Waals surface area contributed by atoms with Gasteiger partial charge in [-0.2, -0.15) is 0 Å². The number of carbonyl (C=O) groups excluding carboxylic acids is 1. The molecule has 2 nitrogen and oxygen atoms in total. The fourth-order valence-electron chi connectivity index (χ4n) is 2.83. The Balaban J connectivity index is 2.16. The third-order valence-electron chi connectivity index (χ3n) is 4.71. The average Bonchev–Trinajstić information content (AvgIpc) is 2.50. The van der Waals surface area contributed by atoms with Gasteiger partial charge in [-0.15, -0.1) is 0 Å². The number of hydrogen-bond acceptors (Lipinski definition) is 1. The van der Waals surface area contributed by atoms with Crippen LogP contribution in [-0.2, 0) is 5.41 Å². The topological polar surface area (TPSA) is 29.1 Å². The van der Waals surface area contributed by atoms with Crippen LogP contribution in [0.3, 0.4) is 0 Å². The summed E-state index contributed by atoms with van der Waals surface area (Å²) >= 11 is 0. The zero-order valence-corrected chi connectivity index (χ0v) is 15.9. The second-order valence-electron chi connectivity index (χ2n) is 7.82. The number of nitrogens with one attached hydrogen (secondary N) is 1. The van der Waals surface area contributed by atoms with Crippen molar-refractivity contribution in [3.8, 4) is 0 Å². The molecular weight excluding hydrogens is 294 g/mol. The molecule has 0 spiro atoms. The van der Waals surface area contributed by atoms with Crippen molar-refractivity contribution in [1.82, 2.24) is 5.32 Å². The monoisotopic (exact) mass is 323 g/mol. The van der Waals surface area contributed by atoms with E-state index in [1.54, 1.807) is 0 Å². The maximum Gasteiger partial charge on any atom is 0.252 e. The van der Waals surface area contributed by atoms with Crippen LogP contribution in [0.2, 0.25) is 0 Å². The van der Waals surface area contributed by atoms with Crippen molar-refractivity contribution in [2.75, 3.05) is 0 Å². The molecule has 0 aromatic heterocycles. The largest absolute Gasteiger partial charge is 0.346 e. The van der Waals surface area contributed by atoms with Gasteiger partial charge in [0, 0.05) is 5.56 Å². The van der Waals surface area contributed by atoms with Crippen LogP contribution in [0, 0.1) is 20.8 Å². The molecule has 0 bridgehead atoms. The summed E-state index contributed by atoms with van der Waals surface area (Å²) in [5.41, 5.74) is 6.71. The Morgan fingerprint density at radius 1 is 0.917 bits per heavy atom. The summed E-state index contributed by atoms with van der Waals surface area (Å²) in [5.74, 6) is -0.0111. The summed E-state index contributed by atoms with van der Waals surface area (Å²) in [5, 5.41) is 3.12. The van der Waals surface area contributed by atoms with Gasteiger partial charge in [0.1, 0.15) is 0 Å². The van der Waals surface area contributed by atoms with Crippen molar-refractivity contribution < 1.29 is 4.79 Å². The molecule has 2 heteroatoms. The molecular formula is C22H29NO. The van der Waals surface area contributed by atoms with Gasteiger partial charge in [-0.3, -0.25) is 4.79 Å². The zero-order valence-electron chi connectivity index (χ0n) is 15.9. The first-order valence-corrected chi connectivity index (χ1v) is 8.58. The van der Waals surface area contributed by atoms with Gasteiger partial charge < -0.3 is 5.32 Å². The van der Waals surface area contributed by atoms with Crippen LogP contribution in [0.15, 0.2) is 36.4 Å². The van der Waals surface area contributed by atoms with Crippen molar-refractivity contribution in [2.24, 2.45) is 0 Å². The number of benzene rings is 2. The number of carbonyl (C=O) groups is 1. The lowest BCUT2D eigenvalue weighted by atomic mass is 9.86. The fourth-order valence-corrected chi connectivity index (χ4v) is 2.83. The van der Waals surface area contributed by atoms with E-state index in [1.165, 1.54) is 11.1 Å². The molecule has 0 aliphatic rings. The lowest BCUT2D eigenvalue weighted by Gasteiger charge is -2.21. The molecule has 0 heterocycles. The van der Waals surface area contributed by atoms with Gasteiger partial charge in [-0.1, -0.05) is 51.1 Å². The Labute approximate surface area is 146 Å². The van der Waals surface area contributed by atoms with Crippen LogP contribution in [0.25, 0.3) is 0 Å². The smallest absolute Gasteiger partial charge is 0.252 e. The highest BCUT2D eigenvalue weighted by Crippen LogP contribution is 2.24. The van der Waals surface area contributed by atoms with Gasteiger partial charge in [0.25, 0.3) is 5.91 Å². The maximum atomic E-state index is 12.6. The summed E-state index contributed by atoms with van der Waals surface area (Å²) in [6, 6.07) is 12.6. The predicted octanol–water partition coefficient (Wildman–Crippen LogP) is 5.40. The van der Waals surface area contributed by atoms with Crippen molar-refractivity contribution in [2.45, 2.75) is 59.9 Å². The van der Waals surface area contributed by atoms with Crippen molar-refractivity contribution in [1.29, 1.82) is 0 Å². The summed E-state index contributed by atoms with van der Waals surface area (Å²) in [6.07, 6.45) is 0. The number of hydrogen-bond donors (Lipinski definition) is 1. The van der Waals surface area contributed by atoms with E-state index in [4.69, 9.17) is 0 Å². The van der Waals surface area contributed by atoms with E-state index in [1.807, 2.05) is 26.8 Å². The minimum atomic E-state index is -0.0208. The van der Waals surface area contributed by atoms with Gasteiger partial charge in [-0.25, -0.2) is 0 Å². The van der Waals surface area contributed by atoms with Crippen LogP contribution < -0.4 is 5.32 Å². The van der Waals surface area contributed by atoms with Crippen LogP contribution in [0.5, 0.6) is 0 Å². The van der Waals surface area contributed by atoms with E-state index in [2.05, 4.69) is 63.3 Å². The summed E-state index contributed by atoms with van der Waals surface area (Å²) < 4.78 is 0. The van der Waals surface area contributed by atoms with E-state index in [9.17, 15) is 4.79 Å². The van der Waals surface area contributed by atoms with E-state index >= 15 is 0 Å². The van der Waals surface area contributed by atoms with Crippen LogP contribution in [0.4, 0.5) is 0 Å². The SMILES string of the molecule is Cc1cc(C)c(C(=O)NC(C)c2ccc(C(C)(C)C)cc2)cc1C. The average molecular weight is 323 g/mol. The molecule has 2 rings (SSSR count). The quantitative estimate of drug-likeness (QED) is 0.805. The first-order chi connectivity index (χ1) is 11.1. The van der Waals surface area contributed by atoms with Crippen molar-refractivity contribution in [3.63, 3.8) is 0 Å². The number of amides is 1. The number of rotatable bonds is 3. The van der Waals surface area contributed by atoms with Gasteiger partial charge in [0.15, 0.2) is 0 Å². The van der Waals surface area contributed by atoms with Gasteiger partial charge >= 0.3 is 0 Å². The molecule has 128 valence electrons. The Hall–Kier alpha value is -2.09. The molecule has 0 saturated heterocycles. The standard InChI is InChI=1S/C22H29NO/c1-14-12-16(3)20(13-15(14)2)21(24)23-17(4)18-8-10-19(11-9-18)22(5,6)7/h8-13,17H,1-7H3,(H,23,24). The Morgan fingerprint density at radius 3 is 2.00 bits per heavy atom. The molecule has 2 aromatic carbocycles. The second-order valence-corrected chi connectivity index (χ2v) is 7.82. The summed E-state index contributed by atoms with van der Waals surface area (Å²) in [7, 11) is 0. The minimum Gasteiger partial charge on any atom is -0.346 e. The minimum absolute atomic E-state index is 0.0111. The van der Waals surface area contributed by atoms with E-state index in [0.717, 1.165) is 22.3 Å². The third kappa shape index (κ3) is 4.05. The molecule has 0 saturated carbocycles. The highest BCUT2D eigenvalue weighted by molar-refractivity contribution is 5.96. The molecule has 24 heavy (non-hydrogen) atoms. The molecule has 1 atom stereocenters. The van der Waals surface area contributed by atoms with E-state index < -0.39 is 0 Å². The highest BCUT2D eigenvalue weighted by atomic mass is 16.1. The fraction of sp³-hybridized carbons (Fsp3) is 0.409. The molecule has 0 fully saturated rings. The van der Waals surface area contributed by atoms with Gasteiger partial charge in [-0.05, 0) is 67.0 Å². The molecule has 0 aliphatic carbocycles. The zero-order chi connectivity index (χ0) is 18.1. The van der Waals surface area contributed by atoms with Crippen molar-refractivity contribution >= 4 is 5.91 Å². The molecule has 1 amide bonds. The lowest BCUT2D eigenvalue weighted by molar-refractivity contribution is 0.0939. The van der Waals surface area contributed by atoms with E-state index in [-0.39, 0.29) is 17.4 Å². The molecule has 2 aromatic rings. The maximum absolute atomic E-state index is 12.6. The van der Waals surface area contributed by atoms with Crippen LogP contribution in [0.1, 0.15) is 71.9 Å². The van der Waals surface area contributed by atoms with Crippen LogP contribution >= 0.6 is 0 Å². The Kier molecular flexibility index (Phi) is 5.17. The number of aryl methyl sites for hydroxylation is 3. The van der Waals surface area contributed by atoms with Gasteiger partial charge in [0.05, 0.1) is 6.04 Å². The third-order valence-corrected chi connectivity index (χ3v) is 4.71. The summed E-state index contributed by atoms with van der Waals surface area (Å²) in [6.45, 7) is 14.7. The summed E-state index contributed by atoms with van der Waals surface area (Å²) in [4.78, 5) is 12.6. The molecule has 0 aliphatic heterocycles. The van der Waals surface area contributed by atoms with E-state index in [0.29, 0.717) is 0 Å². The first-order valence-electron chi connectivity index (χ1n) is 8.58. The lowest BCUT2D eigenvalue weighted by Crippen LogP contribution is -2.27. The normalized spacial score (nSPS) is 12.8. The second kappa shape index (κ2) is 6.80. The molecule has 1 unspecified atom stereocenters. The Bertz CT molecular complexity index is 736. The first kappa shape index (κ1) is 18.3. The molecule has 0 radical (unpaired) electrons. The van der Waals surface area contributed by atoms with Crippen LogP contribution in [-0.4, -0.2) is 5.91 Å². The Morgan fingerprint density at radius 2 is 1.46 bits per heavy atom. The highest BCUT2D eigenvalue weighted by Gasteiger charge is 2.16. The molecule has 1 N–H and O–H groups in total. The van der Waals surface area contributed by atoms with Crippen molar-refractivity contribution in [3.05, 3.63) is 69.8 Å². The predicted molar refractivity (Wildman–Crippen MR) is 102 cm³/mol.